The molecule has 3 aromatic carbocycles. The largest absolute Gasteiger partial charge is 0.0843 e. The van der Waals surface area contributed by atoms with Gasteiger partial charge in [-0.2, -0.15) is 0 Å². The Bertz CT molecular complexity index is 696. The molecule has 1 heteroatoms. The van der Waals surface area contributed by atoms with E-state index in [0.717, 1.165) is 5.02 Å². The van der Waals surface area contributed by atoms with Crippen molar-refractivity contribution in [2.75, 3.05) is 0 Å². The molecule has 0 saturated heterocycles. The minimum atomic E-state index is 0.774. The number of hydrogen-bond donors (Lipinski definition) is 0. The van der Waals surface area contributed by atoms with E-state index in [1.807, 2.05) is 12.1 Å². The van der Waals surface area contributed by atoms with E-state index in [4.69, 9.17) is 11.6 Å². The Labute approximate surface area is 112 Å². The first-order chi connectivity index (χ1) is 8.74. The van der Waals surface area contributed by atoms with Gasteiger partial charge in [0.05, 0.1) is 0 Å². The van der Waals surface area contributed by atoms with Crippen molar-refractivity contribution in [3.05, 3.63) is 71.2 Å². The molecule has 0 radical (unpaired) electrons. The summed E-state index contributed by atoms with van der Waals surface area (Å²) < 4.78 is 0. The van der Waals surface area contributed by atoms with Crippen molar-refractivity contribution in [1.82, 2.24) is 0 Å². The molecule has 0 aliphatic heterocycles. The first-order valence-electron chi connectivity index (χ1n) is 5.99. The van der Waals surface area contributed by atoms with Gasteiger partial charge in [0.15, 0.2) is 0 Å². The van der Waals surface area contributed by atoms with Crippen LogP contribution >= 0.6 is 11.6 Å². The van der Waals surface area contributed by atoms with Crippen LogP contribution in [-0.4, -0.2) is 0 Å². The standard InChI is InChI=1S/C17H13Cl/c1-12-10-15(13-6-8-16(18)9-7-13)11-14-4-2-3-5-17(12)14/h2-11H,1H3. The van der Waals surface area contributed by atoms with Crippen LogP contribution in [0.1, 0.15) is 5.56 Å². The normalized spacial score (nSPS) is 10.8. The fraction of sp³-hybridized carbons (Fsp3) is 0.0588. The third kappa shape index (κ3) is 2.00. The smallest absolute Gasteiger partial charge is 0.0406 e. The Morgan fingerprint density at radius 2 is 1.50 bits per heavy atom. The van der Waals surface area contributed by atoms with Crippen LogP contribution in [0.2, 0.25) is 5.02 Å². The second-order valence-corrected chi connectivity index (χ2v) is 4.96. The summed E-state index contributed by atoms with van der Waals surface area (Å²) in [7, 11) is 0. The Morgan fingerprint density at radius 1 is 0.778 bits per heavy atom. The molecule has 0 heterocycles. The molecule has 18 heavy (non-hydrogen) atoms. The first-order valence-corrected chi connectivity index (χ1v) is 6.37. The Morgan fingerprint density at radius 3 is 2.28 bits per heavy atom. The average Bonchev–Trinajstić information content (AvgIpc) is 2.39. The Hall–Kier alpha value is -1.79. The summed E-state index contributed by atoms with van der Waals surface area (Å²) in [4.78, 5) is 0. The molecule has 0 atom stereocenters. The van der Waals surface area contributed by atoms with Crippen LogP contribution < -0.4 is 0 Å². The van der Waals surface area contributed by atoms with E-state index in [1.165, 1.54) is 27.5 Å². The van der Waals surface area contributed by atoms with Gasteiger partial charge >= 0.3 is 0 Å². The SMILES string of the molecule is Cc1cc(-c2ccc(Cl)cc2)cc2ccccc12. The molecule has 0 aromatic heterocycles. The van der Waals surface area contributed by atoms with Gasteiger partial charge in [0.1, 0.15) is 0 Å². The quantitative estimate of drug-likeness (QED) is 0.539. The zero-order valence-electron chi connectivity index (χ0n) is 10.2. The number of rotatable bonds is 1. The summed E-state index contributed by atoms with van der Waals surface area (Å²) in [6, 6.07) is 20.9. The highest BCUT2D eigenvalue weighted by atomic mass is 35.5. The number of benzene rings is 3. The second kappa shape index (κ2) is 4.47. The molecule has 0 aliphatic carbocycles. The molecule has 0 nitrogen and oxygen atoms in total. The number of aryl methyl sites for hydroxylation is 1. The molecule has 3 rings (SSSR count). The Kier molecular flexibility index (Phi) is 2.81. The van der Waals surface area contributed by atoms with E-state index in [0.29, 0.717) is 0 Å². The van der Waals surface area contributed by atoms with E-state index < -0.39 is 0 Å². The molecular formula is C17H13Cl. The molecule has 0 N–H and O–H groups in total. The van der Waals surface area contributed by atoms with Gasteiger partial charge in [-0.15, -0.1) is 0 Å². The maximum absolute atomic E-state index is 5.93. The minimum Gasteiger partial charge on any atom is -0.0843 e. The van der Waals surface area contributed by atoms with Crippen molar-refractivity contribution in [2.45, 2.75) is 6.92 Å². The van der Waals surface area contributed by atoms with Gasteiger partial charge in [-0.05, 0) is 52.6 Å². The molecule has 0 spiro atoms. The average molecular weight is 253 g/mol. The lowest BCUT2D eigenvalue weighted by atomic mass is 9.98. The fourth-order valence-electron chi connectivity index (χ4n) is 2.31. The minimum absolute atomic E-state index is 0.774. The summed E-state index contributed by atoms with van der Waals surface area (Å²) in [6.07, 6.45) is 0. The van der Waals surface area contributed by atoms with E-state index in [9.17, 15) is 0 Å². The summed E-state index contributed by atoms with van der Waals surface area (Å²) in [5, 5.41) is 3.37. The number of fused-ring (bicyclic) bond motifs is 1. The van der Waals surface area contributed by atoms with Crippen molar-refractivity contribution < 1.29 is 0 Å². The van der Waals surface area contributed by atoms with Crippen LogP contribution in [-0.2, 0) is 0 Å². The number of halogens is 1. The van der Waals surface area contributed by atoms with E-state index in [2.05, 4.69) is 55.5 Å². The summed E-state index contributed by atoms with van der Waals surface area (Å²) >= 11 is 5.93. The molecule has 0 aliphatic rings. The molecule has 0 saturated carbocycles. The van der Waals surface area contributed by atoms with Gasteiger partial charge < -0.3 is 0 Å². The fourth-order valence-corrected chi connectivity index (χ4v) is 2.44. The first kappa shape index (κ1) is 11.3. The molecular weight excluding hydrogens is 240 g/mol. The zero-order valence-corrected chi connectivity index (χ0v) is 10.9. The zero-order chi connectivity index (χ0) is 12.5. The Balaban J connectivity index is 2.21. The molecule has 0 fully saturated rings. The summed E-state index contributed by atoms with van der Waals surface area (Å²) in [5.74, 6) is 0. The van der Waals surface area contributed by atoms with E-state index in [-0.39, 0.29) is 0 Å². The molecule has 88 valence electrons. The maximum atomic E-state index is 5.93. The lowest BCUT2D eigenvalue weighted by Gasteiger charge is -2.07. The van der Waals surface area contributed by atoms with Crippen molar-refractivity contribution in [3.63, 3.8) is 0 Å². The highest BCUT2D eigenvalue weighted by Gasteiger charge is 2.02. The van der Waals surface area contributed by atoms with Crippen molar-refractivity contribution in [1.29, 1.82) is 0 Å². The maximum Gasteiger partial charge on any atom is 0.0406 e. The van der Waals surface area contributed by atoms with Crippen LogP contribution in [0.15, 0.2) is 60.7 Å². The van der Waals surface area contributed by atoms with E-state index >= 15 is 0 Å². The van der Waals surface area contributed by atoms with Crippen LogP contribution in [0.3, 0.4) is 0 Å². The highest BCUT2D eigenvalue weighted by Crippen LogP contribution is 2.28. The van der Waals surface area contributed by atoms with Gasteiger partial charge in [0.25, 0.3) is 0 Å². The second-order valence-electron chi connectivity index (χ2n) is 4.52. The third-order valence-electron chi connectivity index (χ3n) is 3.25. The van der Waals surface area contributed by atoms with Gasteiger partial charge in [0.2, 0.25) is 0 Å². The molecule has 0 unspecified atom stereocenters. The third-order valence-corrected chi connectivity index (χ3v) is 3.50. The van der Waals surface area contributed by atoms with Crippen LogP contribution in [0.25, 0.3) is 21.9 Å². The molecule has 0 bridgehead atoms. The lowest BCUT2D eigenvalue weighted by molar-refractivity contribution is 1.52. The highest BCUT2D eigenvalue weighted by molar-refractivity contribution is 6.30. The van der Waals surface area contributed by atoms with Crippen LogP contribution in [0, 0.1) is 6.92 Å². The van der Waals surface area contributed by atoms with Crippen molar-refractivity contribution >= 4 is 22.4 Å². The predicted octanol–water partition coefficient (Wildman–Crippen LogP) is 5.47. The van der Waals surface area contributed by atoms with Crippen molar-refractivity contribution in [3.8, 4) is 11.1 Å². The van der Waals surface area contributed by atoms with Crippen LogP contribution in [0.5, 0.6) is 0 Å². The summed E-state index contributed by atoms with van der Waals surface area (Å²) in [5.41, 5.74) is 3.74. The van der Waals surface area contributed by atoms with Gasteiger partial charge in [0, 0.05) is 5.02 Å². The van der Waals surface area contributed by atoms with Crippen molar-refractivity contribution in [2.24, 2.45) is 0 Å². The van der Waals surface area contributed by atoms with Crippen LogP contribution in [0.4, 0.5) is 0 Å². The monoisotopic (exact) mass is 252 g/mol. The van der Waals surface area contributed by atoms with Gasteiger partial charge in [-0.1, -0.05) is 54.1 Å². The molecule has 3 aromatic rings. The predicted molar refractivity (Wildman–Crippen MR) is 79.1 cm³/mol. The number of hydrogen-bond acceptors (Lipinski definition) is 0. The lowest BCUT2D eigenvalue weighted by Crippen LogP contribution is -1.83. The summed E-state index contributed by atoms with van der Waals surface area (Å²) in [6.45, 7) is 2.15. The van der Waals surface area contributed by atoms with E-state index in [1.54, 1.807) is 0 Å². The topological polar surface area (TPSA) is 0 Å². The molecule has 0 amide bonds. The van der Waals surface area contributed by atoms with Gasteiger partial charge in [-0.3, -0.25) is 0 Å². The van der Waals surface area contributed by atoms with Gasteiger partial charge in [-0.25, -0.2) is 0 Å².